The molecule has 0 aromatic heterocycles. The number of fused-ring (bicyclic) bond motifs is 1. The fourth-order valence-electron chi connectivity index (χ4n) is 2.36. The first-order chi connectivity index (χ1) is 7.65. The third-order valence-corrected chi connectivity index (χ3v) is 3.34. The van der Waals surface area contributed by atoms with Crippen LogP contribution in [0.4, 0.5) is 5.69 Å². The number of carboxylic acids is 1. The largest absolute Gasteiger partial charge is 0.481 e. The van der Waals surface area contributed by atoms with Gasteiger partial charge in [0.1, 0.15) is 0 Å². The van der Waals surface area contributed by atoms with Crippen molar-refractivity contribution in [2.75, 3.05) is 18.0 Å². The summed E-state index contributed by atoms with van der Waals surface area (Å²) in [6.45, 7) is 5.81. The number of aliphatic carboxylic acids is 1. The zero-order valence-electron chi connectivity index (χ0n) is 9.73. The number of carbonyl (C=O) groups is 1. The Morgan fingerprint density at radius 1 is 1.56 bits per heavy atom. The van der Waals surface area contributed by atoms with Gasteiger partial charge in [-0.2, -0.15) is 0 Å². The van der Waals surface area contributed by atoms with Crippen molar-refractivity contribution in [3.8, 4) is 0 Å². The van der Waals surface area contributed by atoms with E-state index in [1.165, 1.54) is 5.56 Å². The molecule has 16 heavy (non-hydrogen) atoms. The molecule has 1 aliphatic heterocycles. The minimum absolute atomic E-state index is 0.429. The van der Waals surface area contributed by atoms with Gasteiger partial charge in [0.15, 0.2) is 0 Å². The predicted octanol–water partition coefficient (Wildman–Crippen LogP) is 2.26. The zero-order valence-corrected chi connectivity index (χ0v) is 9.73. The molecule has 1 unspecified atom stereocenters. The van der Waals surface area contributed by atoms with Crippen LogP contribution in [0.25, 0.3) is 0 Å². The third kappa shape index (κ3) is 1.66. The van der Waals surface area contributed by atoms with E-state index >= 15 is 0 Å². The van der Waals surface area contributed by atoms with Crippen LogP contribution >= 0.6 is 0 Å². The van der Waals surface area contributed by atoms with Crippen LogP contribution < -0.4 is 4.90 Å². The summed E-state index contributed by atoms with van der Waals surface area (Å²) in [5, 5.41) is 9.11. The first kappa shape index (κ1) is 11.0. The Morgan fingerprint density at radius 2 is 2.31 bits per heavy atom. The molecule has 0 fully saturated rings. The van der Waals surface area contributed by atoms with Crippen molar-refractivity contribution in [1.29, 1.82) is 0 Å². The number of anilines is 1. The van der Waals surface area contributed by atoms with E-state index in [-0.39, 0.29) is 0 Å². The average molecular weight is 219 g/mol. The van der Waals surface area contributed by atoms with E-state index in [4.69, 9.17) is 5.11 Å². The molecule has 1 heterocycles. The molecular weight excluding hydrogens is 202 g/mol. The van der Waals surface area contributed by atoms with Gasteiger partial charge in [-0.05, 0) is 31.4 Å². The van der Waals surface area contributed by atoms with Crippen LogP contribution in [-0.4, -0.2) is 24.2 Å². The van der Waals surface area contributed by atoms with Crippen molar-refractivity contribution in [3.63, 3.8) is 0 Å². The molecule has 0 bridgehead atoms. The van der Waals surface area contributed by atoms with Crippen molar-refractivity contribution < 1.29 is 9.90 Å². The summed E-state index contributed by atoms with van der Waals surface area (Å²) in [7, 11) is 0. The summed E-state index contributed by atoms with van der Waals surface area (Å²) in [6, 6.07) is 6.00. The van der Waals surface area contributed by atoms with Crippen LogP contribution in [0.2, 0.25) is 0 Å². The van der Waals surface area contributed by atoms with Gasteiger partial charge in [0.05, 0.1) is 5.92 Å². The molecule has 1 aliphatic rings. The number of carboxylic acid groups (broad SMARTS) is 1. The Balaban J connectivity index is 2.47. The van der Waals surface area contributed by atoms with Crippen molar-refractivity contribution in [1.82, 2.24) is 0 Å². The molecule has 3 heteroatoms. The smallest absolute Gasteiger partial charge is 0.310 e. The van der Waals surface area contributed by atoms with Crippen LogP contribution in [0.15, 0.2) is 18.2 Å². The lowest BCUT2D eigenvalue weighted by Crippen LogP contribution is -2.22. The summed E-state index contributed by atoms with van der Waals surface area (Å²) in [5.74, 6) is -1.18. The van der Waals surface area contributed by atoms with E-state index in [9.17, 15) is 4.79 Å². The fourth-order valence-corrected chi connectivity index (χ4v) is 2.36. The summed E-state index contributed by atoms with van der Waals surface area (Å²) in [5.41, 5.74) is 3.39. The predicted molar refractivity (Wildman–Crippen MR) is 64.1 cm³/mol. The normalized spacial score (nSPS) is 16.0. The quantitative estimate of drug-likeness (QED) is 0.847. The second-order valence-electron chi connectivity index (χ2n) is 4.24. The highest BCUT2D eigenvalue weighted by Crippen LogP contribution is 2.35. The second-order valence-corrected chi connectivity index (χ2v) is 4.24. The van der Waals surface area contributed by atoms with Crippen LogP contribution in [0.5, 0.6) is 0 Å². The van der Waals surface area contributed by atoms with Gasteiger partial charge in [0.25, 0.3) is 0 Å². The van der Waals surface area contributed by atoms with E-state index in [1.54, 1.807) is 6.92 Å². The van der Waals surface area contributed by atoms with Crippen LogP contribution in [0, 0.1) is 0 Å². The van der Waals surface area contributed by atoms with Crippen LogP contribution in [0.3, 0.4) is 0 Å². The molecule has 1 N–H and O–H groups in total. The lowest BCUT2D eigenvalue weighted by molar-refractivity contribution is -0.138. The molecule has 0 amide bonds. The standard InChI is InChI=1S/C13H17NO2/c1-3-14-8-7-10-5-4-6-11(12(10)14)9(2)13(15)16/h4-6,9H,3,7-8H2,1-2H3,(H,15,16). The van der Waals surface area contributed by atoms with Crippen molar-refractivity contribution in [2.24, 2.45) is 0 Å². The van der Waals surface area contributed by atoms with E-state index in [1.807, 2.05) is 12.1 Å². The van der Waals surface area contributed by atoms with Gasteiger partial charge >= 0.3 is 5.97 Å². The lowest BCUT2D eigenvalue weighted by atomic mass is 9.96. The number of para-hydroxylation sites is 1. The molecule has 86 valence electrons. The number of likely N-dealkylation sites (N-methyl/N-ethyl adjacent to an activating group) is 1. The molecule has 1 aromatic carbocycles. The van der Waals surface area contributed by atoms with Crippen molar-refractivity contribution in [2.45, 2.75) is 26.2 Å². The van der Waals surface area contributed by atoms with Gasteiger partial charge in [0, 0.05) is 18.8 Å². The van der Waals surface area contributed by atoms with E-state index in [2.05, 4.69) is 17.9 Å². The first-order valence-corrected chi connectivity index (χ1v) is 5.74. The summed E-state index contributed by atoms with van der Waals surface area (Å²) in [6.07, 6.45) is 1.03. The van der Waals surface area contributed by atoms with Gasteiger partial charge in [-0.15, -0.1) is 0 Å². The van der Waals surface area contributed by atoms with E-state index < -0.39 is 11.9 Å². The van der Waals surface area contributed by atoms with Crippen molar-refractivity contribution in [3.05, 3.63) is 29.3 Å². The summed E-state index contributed by atoms with van der Waals surface area (Å²) < 4.78 is 0. The Labute approximate surface area is 95.7 Å². The summed E-state index contributed by atoms with van der Waals surface area (Å²) in [4.78, 5) is 13.3. The summed E-state index contributed by atoms with van der Waals surface area (Å²) >= 11 is 0. The molecule has 1 aromatic rings. The van der Waals surface area contributed by atoms with Crippen molar-refractivity contribution >= 4 is 11.7 Å². The van der Waals surface area contributed by atoms with Gasteiger partial charge in [-0.1, -0.05) is 18.2 Å². The Hall–Kier alpha value is -1.51. The molecular formula is C13H17NO2. The Bertz CT molecular complexity index is 414. The molecule has 3 nitrogen and oxygen atoms in total. The number of rotatable bonds is 3. The lowest BCUT2D eigenvalue weighted by Gasteiger charge is -2.22. The highest BCUT2D eigenvalue weighted by Gasteiger charge is 2.25. The monoisotopic (exact) mass is 219 g/mol. The number of nitrogens with zero attached hydrogens (tertiary/aromatic N) is 1. The van der Waals surface area contributed by atoms with Crippen LogP contribution in [0.1, 0.15) is 30.9 Å². The van der Waals surface area contributed by atoms with Gasteiger partial charge in [-0.3, -0.25) is 4.79 Å². The highest BCUT2D eigenvalue weighted by molar-refractivity contribution is 5.80. The molecule has 0 radical (unpaired) electrons. The molecule has 2 rings (SSSR count). The topological polar surface area (TPSA) is 40.5 Å². The Morgan fingerprint density at radius 3 is 2.94 bits per heavy atom. The molecule has 0 saturated heterocycles. The SMILES string of the molecule is CCN1CCc2cccc(C(C)C(=O)O)c21. The van der Waals surface area contributed by atoms with Gasteiger partial charge in [-0.25, -0.2) is 0 Å². The minimum Gasteiger partial charge on any atom is -0.481 e. The second kappa shape index (κ2) is 4.16. The Kier molecular flexibility index (Phi) is 2.86. The maximum Gasteiger partial charge on any atom is 0.310 e. The molecule has 0 spiro atoms. The maximum absolute atomic E-state index is 11.1. The fraction of sp³-hybridized carbons (Fsp3) is 0.462. The van der Waals surface area contributed by atoms with E-state index in [0.717, 1.165) is 30.8 Å². The molecule has 0 aliphatic carbocycles. The minimum atomic E-state index is -0.753. The zero-order chi connectivity index (χ0) is 11.7. The number of hydrogen-bond acceptors (Lipinski definition) is 2. The molecule has 1 atom stereocenters. The van der Waals surface area contributed by atoms with Gasteiger partial charge in [0.2, 0.25) is 0 Å². The van der Waals surface area contributed by atoms with Crippen LogP contribution in [-0.2, 0) is 11.2 Å². The third-order valence-electron chi connectivity index (χ3n) is 3.34. The highest BCUT2D eigenvalue weighted by atomic mass is 16.4. The maximum atomic E-state index is 11.1. The van der Waals surface area contributed by atoms with E-state index in [0.29, 0.717) is 0 Å². The number of benzene rings is 1. The average Bonchev–Trinajstić information content (AvgIpc) is 2.70. The first-order valence-electron chi connectivity index (χ1n) is 5.74. The molecule has 0 saturated carbocycles. The van der Waals surface area contributed by atoms with Gasteiger partial charge < -0.3 is 10.0 Å². The number of hydrogen-bond donors (Lipinski definition) is 1.